The second-order valence-electron chi connectivity index (χ2n) is 6.71. The van der Waals surface area contributed by atoms with E-state index in [1.54, 1.807) is 10.4 Å². The Labute approximate surface area is 143 Å². The number of aryl methyl sites for hydroxylation is 5. The van der Waals surface area contributed by atoms with Gasteiger partial charge >= 0.3 is 0 Å². The second-order valence-corrected chi connectivity index (χ2v) is 8.57. The summed E-state index contributed by atoms with van der Waals surface area (Å²) >= 11 is 0. The van der Waals surface area contributed by atoms with Gasteiger partial charge in [0.1, 0.15) is 5.76 Å². The molecule has 1 aliphatic rings. The molecule has 0 N–H and O–H groups in total. The monoisotopic (exact) mass is 348 g/mol. The molecule has 0 spiro atoms. The number of aromatic nitrogens is 1. The maximum absolute atomic E-state index is 13.3. The molecule has 0 unspecified atom stereocenters. The molecule has 1 aromatic heterocycles. The first-order valence-corrected chi connectivity index (χ1v) is 9.70. The van der Waals surface area contributed by atoms with Gasteiger partial charge < -0.3 is 4.52 Å². The summed E-state index contributed by atoms with van der Waals surface area (Å²) in [4.78, 5) is 0.407. The normalized spacial score (nSPS) is 19.1. The molecule has 24 heavy (non-hydrogen) atoms. The van der Waals surface area contributed by atoms with Crippen molar-refractivity contribution in [3.8, 4) is 0 Å². The van der Waals surface area contributed by atoms with Crippen LogP contribution in [0.1, 0.15) is 52.6 Å². The Bertz CT molecular complexity index is 864. The van der Waals surface area contributed by atoms with Gasteiger partial charge in [-0.1, -0.05) is 11.2 Å². The van der Waals surface area contributed by atoms with Crippen molar-refractivity contribution in [2.24, 2.45) is 0 Å². The number of rotatable bonds is 3. The number of hydrogen-bond acceptors (Lipinski definition) is 4. The van der Waals surface area contributed by atoms with E-state index in [1.807, 2.05) is 40.7 Å². The molecule has 130 valence electrons. The van der Waals surface area contributed by atoms with Crippen molar-refractivity contribution in [3.05, 3.63) is 45.8 Å². The summed E-state index contributed by atoms with van der Waals surface area (Å²) in [6, 6.07) is 3.55. The molecule has 1 fully saturated rings. The lowest BCUT2D eigenvalue weighted by Gasteiger charge is -2.25. The summed E-state index contributed by atoms with van der Waals surface area (Å²) in [5.74, 6) is 0.705. The molecule has 2 heterocycles. The molecule has 0 saturated carbocycles. The van der Waals surface area contributed by atoms with E-state index in [1.165, 1.54) is 0 Å². The number of hydrogen-bond donors (Lipinski definition) is 0. The highest BCUT2D eigenvalue weighted by Gasteiger charge is 2.39. The van der Waals surface area contributed by atoms with Crippen LogP contribution in [-0.4, -0.2) is 24.4 Å². The van der Waals surface area contributed by atoms with Crippen LogP contribution in [0.3, 0.4) is 0 Å². The van der Waals surface area contributed by atoms with Crippen LogP contribution in [0.4, 0.5) is 0 Å². The molecule has 2 aromatic rings. The Morgan fingerprint density at radius 2 is 1.75 bits per heavy atom. The zero-order chi connectivity index (χ0) is 17.6. The van der Waals surface area contributed by atoms with Gasteiger partial charge in [0, 0.05) is 12.1 Å². The lowest BCUT2D eigenvalue weighted by Crippen LogP contribution is -2.31. The number of sulfonamides is 1. The highest BCUT2D eigenvalue weighted by atomic mass is 32.2. The van der Waals surface area contributed by atoms with E-state index in [0.29, 0.717) is 17.2 Å². The van der Waals surface area contributed by atoms with Crippen LogP contribution in [0.25, 0.3) is 0 Å². The van der Waals surface area contributed by atoms with Crippen molar-refractivity contribution in [2.75, 3.05) is 6.54 Å². The minimum atomic E-state index is -3.55. The molecule has 5 nitrogen and oxygen atoms in total. The summed E-state index contributed by atoms with van der Waals surface area (Å²) in [7, 11) is -3.55. The van der Waals surface area contributed by atoms with Gasteiger partial charge in [0.2, 0.25) is 10.0 Å². The van der Waals surface area contributed by atoms with Crippen molar-refractivity contribution in [2.45, 2.75) is 58.4 Å². The van der Waals surface area contributed by atoms with Gasteiger partial charge in [-0.2, -0.15) is 4.31 Å². The number of benzene rings is 1. The molecular formula is C18H24N2O3S. The topological polar surface area (TPSA) is 63.4 Å². The zero-order valence-corrected chi connectivity index (χ0v) is 15.7. The summed E-state index contributed by atoms with van der Waals surface area (Å²) < 4.78 is 33.5. The van der Waals surface area contributed by atoms with E-state index in [2.05, 4.69) is 5.16 Å². The predicted molar refractivity (Wildman–Crippen MR) is 92.5 cm³/mol. The largest absolute Gasteiger partial charge is 0.361 e. The molecule has 1 atom stereocenters. The van der Waals surface area contributed by atoms with E-state index in [9.17, 15) is 8.42 Å². The van der Waals surface area contributed by atoms with Gasteiger partial charge in [0.05, 0.1) is 16.6 Å². The summed E-state index contributed by atoms with van der Waals surface area (Å²) in [6.45, 7) is 10.1. The fourth-order valence-electron chi connectivity index (χ4n) is 3.62. The Hall–Kier alpha value is -1.66. The standard InChI is InChI=1S/C18H24N2O3S/c1-11-9-13(3)17(10-12(11)2)24(21,22)20-8-6-7-16(20)18-14(4)19-23-15(18)5/h9-10,16H,6-8H2,1-5H3/t16-/m0/s1. The van der Waals surface area contributed by atoms with Gasteiger partial charge in [-0.25, -0.2) is 8.42 Å². The van der Waals surface area contributed by atoms with Crippen molar-refractivity contribution in [1.29, 1.82) is 0 Å². The maximum Gasteiger partial charge on any atom is 0.243 e. The van der Waals surface area contributed by atoms with Crippen LogP contribution in [0.15, 0.2) is 21.6 Å². The third kappa shape index (κ3) is 2.67. The molecule has 1 saturated heterocycles. The van der Waals surface area contributed by atoms with Crippen LogP contribution in [0, 0.1) is 34.6 Å². The van der Waals surface area contributed by atoms with Gasteiger partial charge in [-0.05, 0) is 70.2 Å². The fourth-order valence-corrected chi connectivity index (χ4v) is 5.58. The molecule has 3 rings (SSSR count). The van der Waals surface area contributed by atoms with Crippen LogP contribution < -0.4 is 0 Å². The molecule has 0 radical (unpaired) electrons. The molecule has 0 aliphatic carbocycles. The minimum absolute atomic E-state index is 0.192. The van der Waals surface area contributed by atoms with Crippen molar-refractivity contribution in [3.63, 3.8) is 0 Å². The van der Waals surface area contributed by atoms with Crippen LogP contribution >= 0.6 is 0 Å². The predicted octanol–water partition coefficient (Wildman–Crippen LogP) is 3.74. The molecular weight excluding hydrogens is 324 g/mol. The van der Waals surface area contributed by atoms with Crippen molar-refractivity contribution < 1.29 is 12.9 Å². The Morgan fingerprint density at radius 1 is 1.08 bits per heavy atom. The van der Waals surface area contributed by atoms with E-state index < -0.39 is 10.0 Å². The average Bonchev–Trinajstić information content (AvgIpc) is 3.10. The molecule has 0 bridgehead atoms. The second kappa shape index (κ2) is 6.01. The van der Waals surface area contributed by atoms with Crippen LogP contribution in [-0.2, 0) is 10.0 Å². The molecule has 0 amide bonds. The average molecular weight is 348 g/mol. The van der Waals surface area contributed by atoms with E-state index in [0.717, 1.165) is 40.8 Å². The SMILES string of the molecule is Cc1cc(C)c(S(=O)(=O)N2CCC[C@H]2c2c(C)noc2C)cc1C. The lowest BCUT2D eigenvalue weighted by atomic mass is 10.0. The Morgan fingerprint density at radius 3 is 2.38 bits per heavy atom. The van der Waals surface area contributed by atoms with Gasteiger partial charge in [-0.15, -0.1) is 0 Å². The fraction of sp³-hybridized carbons (Fsp3) is 0.500. The minimum Gasteiger partial charge on any atom is -0.361 e. The van der Waals surface area contributed by atoms with Crippen LogP contribution in [0.5, 0.6) is 0 Å². The van der Waals surface area contributed by atoms with E-state index in [-0.39, 0.29) is 6.04 Å². The van der Waals surface area contributed by atoms with Crippen LogP contribution in [0.2, 0.25) is 0 Å². The van der Waals surface area contributed by atoms with E-state index in [4.69, 9.17) is 4.52 Å². The highest BCUT2D eigenvalue weighted by Crippen LogP contribution is 2.39. The molecule has 1 aliphatic heterocycles. The smallest absolute Gasteiger partial charge is 0.243 e. The van der Waals surface area contributed by atoms with E-state index >= 15 is 0 Å². The first-order valence-electron chi connectivity index (χ1n) is 8.26. The first kappa shape index (κ1) is 17.2. The van der Waals surface area contributed by atoms with Crippen molar-refractivity contribution in [1.82, 2.24) is 9.46 Å². The summed E-state index contributed by atoms with van der Waals surface area (Å²) in [6.07, 6.45) is 1.64. The quantitative estimate of drug-likeness (QED) is 0.847. The maximum atomic E-state index is 13.3. The Balaban J connectivity index is 2.08. The van der Waals surface area contributed by atoms with Gasteiger partial charge in [-0.3, -0.25) is 0 Å². The highest BCUT2D eigenvalue weighted by molar-refractivity contribution is 7.89. The zero-order valence-electron chi connectivity index (χ0n) is 14.9. The van der Waals surface area contributed by atoms with Crippen molar-refractivity contribution >= 4 is 10.0 Å². The Kier molecular flexibility index (Phi) is 4.30. The molecule has 1 aromatic carbocycles. The third-order valence-electron chi connectivity index (χ3n) is 5.00. The third-order valence-corrected chi connectivity index (χ3v) is 7.05. The molecule has 6 heteroatoms. The number of nitrogens with zero attached hydrogens (tertiary/aromatic N) is 2. The first-order chi connectivity index (χ1) is 11.2. The van der Waals surface area contributed by atoms with Gasteiger partial charge in [0.15, 0.2) is 0 Å². The summed E-state index contributed by atoms with van der Waals surface area (Å²) in [5.41, 5.74) is 4.58. The summed E-state index contributed by atoms with van der Waals surface area (Å²) in [5, 5.41) is 4.00. The lowest BCUT2D eigenvalue weighted by molar-refractivity contribution is 0.376. The van der Waals surface area contributed by atoms with Gasteiger partial charge in [0.25, 0.3) is 0 Å².